The first-order valence-electron chi connectivity index (χ1n) is 6.50. The van der Waals surface area contributed by atoms with Gasteiger partial charge in [-0.05, 0) is 49.3 Å². The molecule has 1 aromatic carbocycles. The van der Waals surface area contributed by atoms with Crippen molar-refractivity contribution < 1.29 is 0 Å². The lowest BCUT2D eigenvalue weighted by Crippen LogP contribution is -2.35. The zero-order valence-electron chi connectivity index (χ0n) is 10.3. The van der Waals surface area contributed by atoms with E-state index in [1.807, 2.05) is 0 Å². The Bertz CT molecular complexity index is 337. The van der Waals surface area contributed by atoms with Crippen LogP contribution in [-0.2, 0) is 6.42 Å². The molecule has 1 fully saturated rings. The summed E-state index contributed by atoms with van der Waals surface area (Å²) in [4.78, 5) is 0. The highest BCUT2D eigenvalue weighted by Crippen LogP contribution is 2.38. The maximum absolute atomic E-state index is 6.04. The van der Waals surface area contributed by atoms with Crippen molar-refractivity contribution in [1.82, 2.24) is 0 Å². The quantitative estimate of drug-likeness (QED) is 0.824. The molecule has 0 spiro atoms. The second-order valence-electron chi connectivity index (χ2n) is 5.37. The maximum atomic E-state index is 6.04. The first-order valence-corrected chi connectivity index (χ1v) is 6.50. The Labute approximate surface area is 99.0 Å². The standard InChI is InChI=1S/C15H23N/c1-13-7-3-4-8-14(13)11-15(12-16)9-5-2-6-10-15/h3-4,7-8H,2,5-6,9-12,16H2,1H3. The van der Waals surface area contributed by atoms with E-state index in [4.69, 9.17) is 5.73 Å². The van der Waals surface area contributed by atoms with Gasteiger partial charge in [0.25, 0.3) is 0 Å². The summed E-state index contributed by atoms with van der Waals surface area (Å²) >= 11 is 0. The minimum atomic E-state index is 0.393. The van der Waals surface area contributed by atoms with Crippen LogP contribution in [0.2, 0.25) is 0 Å². The van der Waals surface area contributed by atoms with E-state index >= 15 is 0 Å². The molecule has 0 unspecified atom stereocenters. The molecule has 0 bridgehead atoms. The molecule has 1 nitrogen and oxygen atoms in total. The van der Waals surface area contributed by atoms with Crippen molar-refractivity contribution in [1.29, 1.82) is 0 Å². The van der Waals surface area contributed by atoms with Crippen molar-refractivity contribution >= 4 is 0 Å². The van der Waals surface area contributed by atoms with Crippen molar-refractivity contribution in [2.24, 2.45) is 11.1 Å². The van der Waals surface area contributed by atoms with Gasteiger partial charge in [0.1, 0.15) is 0 Å². The van der Waals surface area contributed by atoms with Gasteiger partial charge >= 0.3 is 0 Å². The minimum Gasteiger partial charge on any atom is -0.330 e. The second-order valence-corrected chi connectivity index (χ2v) is 5.37. The van der Waals surface area contributed by atoms with Gasteiger partial charge < -0.3 is 5.73 Å². The fraction of sp³-hybridized carbons (Fsp3) is 0.600. The summed E-state index contributed by atoms with van der Waals surface area (Å²) in [6.07, 6.45) is 7.94. The lowest BCUT2D eigenvalue weighted by atomic mass is 9.70. The van der Waals surface area contributed by atoms with Gasteiger partial charge in [-0.2, -0.15) is 0 Å². The molecule has 1 aliphatic carbocycles. The Morgan fingerprint density at radius 3 is 2.44 bits per heavy atom. The number of benzene rings is 1. The van der Waals surface area contributed by atoms with Gasteiger partial charge in [-0.25, -0.2) is 0 Å². The zero-order chi connectivity index (χ0) is 11.4. The molecular weight excluding hydrogens is 194 g/mol. The fourth-order valence-electron chi connectivity index (χ4n) is 2.97. The lowest BCUT2D eigenvalue weighted by molar-refractivity contribution is 0.197. The van der Waals surface area contributed by atoms with Crippen LogP contribution in [0.4, 0.5) is 0 Å². The predicted molar refractivity (Wildman–Crippen MR) is 69.5 cm³/mol. The molecule has 1 aromatic rings. The first-order chi connectivity index (χ1) is 7.76. The Balaban J connectivity index is 2.15. The summed E-state index contributed by atoms with van der Waals surface area (Å²) in [7, 11) is 0. The molecule has 0 atom stereocenters. The maximum Gasteiger partial charge on any atom is -0.00173 e. The third-order valence-electron chi connectivity index (χ3n) is 4.17. The third kappa shape index (κ3) is 2.46. The Morgan fingerprint density at radius 2 is 1.81 bits per heavy atom. The van der Waals surface area contributed by atoms with Crippen LogP contribution in [0.5, 0.6) is 0 Å². The molecule has 1 aliphatic rings. The summed E-state index contributed by atoms with van der Waals surface area (Å²) in [5.74, 6) is 0. The lowest BCUT2D eigenvalue weighted by Gasteiger charge is -2.36. The molecule has 0 radical (unpaired) electrons. The van der Waals surface area contributed by atoms with Crippen LogP contribution in [0.1, 0.15) is 43.2 Å². The Kier molecular flexibility index (Phi) is 3.65. The van der Waals surface area contributed by atoms with Gasteiger partial charge in [0.05, 0.1) is 0 Å². The van der Waals surface area contributed by atoms with E-state index in [1.54, 1.807) is 0 Å². The van der Waals surface area contributed by atoms with Gasteiger partial charge in [0.2, 0.25) is 0 Å². The normalized spacial score (nSPS) is 19.6. The van der Waals surface area contributed by atoms with Crippen molar-refractivity contribution in [2.75, 3.05) is 6.54 Å². The average molecular weight is 217 g/mol. The van der Waals surface area contributed by atoms with E-state index in [-0.39, 0.29) is 0 Å². The van der Waals surface area contributed by atoms with Crippen molar-refractivity contribution in [2.45, 2.75) is 45.4 Å². The molecule has 2 rings (SSSR count). The number of hydrogen-bond donors (Lipinski definition) is 1. The van der Waals surface area contributed by atoms with Crippen LogP contribution in [-0.4, -0.2) is 6.54 Å². The van der Waals surface area contributed by atoms with E-state index in [1.165, 1.54) is 49.7 Å². The van der Waals surface area contributed by atoms with Crippen LogP contribution in [0, 0.1) is 12.3 Å². The van der Waals surface area contributed by atoms with Crippen LogP contribution in [0.3, 0.4) is 0 Å². The van der Waals surface area contributed by atoms with E-state index in [0.717, 1.165) is 6.54 Å². The second kappa shape index (κ2) is 5.01. The molecule has 1 heteroatoms. The molecule has 0 aromatic heterocycles. The summed E-state index contributed by atoms with van der Waals surface area (Å²) in [5, 5.41) is 0. The van der Waals surface area contributed by atoms with Crippen molar-refractivity contribution in [3.63, 3.8) is 0 Å². The van der Waals surface area contributed by atoms with Crippen LogP contribution in [0.25, 0.3) is 0 Å². The summed E-state index contributed by atoms with van der Waals surface area (Å²) in [5.41, 5.74) is 9.34. The minimum absolute atomic E-state index is 0.393. The number of aryl methyl sites for hydroxylation is 1. The predicted octanol–water partition coefficient (Wildman–Crippen LogP) is 3.45. The average Bonchev–Trinajstić information content (AvgIpc) is 2.33. The highest BCUT2D eigenvalue weighted by Gasteiger charge is 2.30. The topological polar surface area (TPSA) is 26.0 Å². The SMILES string of the molecule is Cc1ccccc1CC1(CN)CCCCC1. The molecule has 0 aliphatic heterocycles. The first kappa shape index (κ1) is 11.7. The van der Waals surface area contributed by atoms with Crippen molar-refractivity contribution in [3.05, 3.63) is 35.4 Å². The number of hydrogen-bond acceptors (Lipinski definition) is 1. The smallest absolute Gasteiger partial charge is 0.00173 e. The molecular formula is C15H23N. The summed E-state index contributed by atoms with van der Waals surface area (Å²) in [6.45, 7) is 3.06. The van der Waals surface area contributed by atoms with E-state index < -0.39 is 0 Å². The summed E-state index contributed by atoms with van der Waals surface area (Å²) < 4.78 is 0. The van der Waals surface area contributed by atoms with Gasteiger partial charge in [-0.1, -0.05) is 43.5 Å². The van der Waals surface area contributed by atoms with Crippen molar-refractivity contribution in [3.8, 4) is 0 Å². The van der Waals surface area contributed by atoms with Gasteiger partial charge in [-0.3, -0.25) is 0 Å². The molecule has 0 amide bonds. The molecule has 2 N–H and O–H groups in total. The van der Waals surface area contributed by atoms with E-state index in [0.29, 0.717) is 5.41 Å². The van der Waals surface area contributed by atoms with Crippen LogP contribution < -0.4 is 5.73 Å². The van der Waals surface area contributed by atoms with Gasteiger partial charge in [0, 0.05) is 0 Å². The van der Waals surface area contributed by atoms with Gasteiger partial charge in [0.15, 0.2) is 0 Å². The molecule has 1 saturated carbocycles. The van der Waals surface area contributed by atoms with Crippen LogP contribution >= 0.6 is 0 Å². The summed E-state index contributed by atoms with van der Waals surface area (Å²) in [6, 6.07) is 8.74. The monoisotopic (exact) mass is 217 g/mol. The van der Waals surface area contributed by atoms with E-state index in [2.05, 4.69) is 31.2 Å². The third-order valence-corrected chi connectivity index (χ3v) is 4.17. The zero-order valence-corrected chi connectivity index (χ0v) is 10.3. The van der Waals surface area contributed by atoms with Crippen LogP contribution in [0.15, 0.2) is 24.3 Å². The largest absolute Gasteiger partial charge is 0.330 e. The molecule has 88 valence electrons. The Hall–Kier alpha value is -0.820. The number of rotatable bonds is 3. The molecule has 0 heterocycles. The van der Waals surface area contributed by atoms with Gasteiger partial charge in [-0.15, -0.1) is 0 Å². The molecule has 16 heavy (non-hydrogen) atoms. The Morgan fingerprint density at radius 1 is 1.12 bits per heavy atom. The highest BCUT2D eigenvalue weighted by molar-refractivity contribution is 5.27. The van der Waals surface area contributed by atoms with E-state index in [9.17, 15) is 0 Å². The molecule has 0 saturated heterocycles. The fourth-order valence-corrected chi connectivity index (χ4v) is 2.97. The number of nitrogens with two attached hydrogens (primary N) is 1. The highest BCUT2D eigenvalue weighted by atomic mass is 14.6.